The van der Waals surface area contributed by atoms with Gasteiger partial charge in [-0.05, 0) is 25.9 Å². The monoisotopic (exact) mass is 144 g/mol. The molecule has 2 atom stereocenters. The van der Waals surface area contributed by atoms with Crippen LogP contribution in [0.1, 0.15) is 6.42 Å². The fraction of sp³-hybridized carbons (Fsp3) is 1.00. The molecule has 0 unspecified atom stereocenters. The lowest BCUT2D eigenvalue weighted by molar-refractivity contribution is 0.143. The van der Waals surface area contributed by atoms with Gasteiger partial charge in [0.2, 0.25) is 0 Å². The van der Waals surface area contributed by atoms with Crippen LogP contribution in [0.25, 0.3) is 0 Å². The van der Waals surface area contributed by atoms with E-state index in [9.17, 15) is 5.11 Å². The van der Waals surface area contributed by atoms with Gasteiger partial charge in [0.05, 0.1) is 6.10 Å². The molecule has 0 aliphatic carbocycles. The number of β-amino-alcohol motifs (C(OH)–C–C–N with tert-alkyl or cyclic N) is 1. The van der Waals surface area contributed by atoms with E-state index in [1.165, 1.54) is 0 Å². The first-order valence-corrected chi connectivity index (χ1v) is 3.88. The number of hydrogen-bond acceptors (Lipinski definition) is 3. The molecule has 0 saturated carbocycles. The van der Waals surface area contributed by atoms with Gasteiger partial charge >= 0.3 is 0 Å². The van der Waals surface area contributed by atoms with Crippen LogP contribution in [0.2, 0.25) is 0 Å². The highest BCUT2D eigenvalue weighted by Crippen LogP contribution is 2.11. The van der Waals surface area contributed by atoms with Crippen LogP contribution in [0.3, 0.4) is 0 Å². The molecular formula is C7H16N2O. The predicted octanol–water partition coefficient (Wildman–Crippen LogP) is -0.824. The van der Waals surface area contributed by atoms with Crippen LogP contribution < -0.4 is 10.6 Å². The van der Waals surface area contributed by atoms with E-state index in [0.29, 0.717) is 5.92 Å². The van der Waals surface area contributed by atoms with Crippen molar-refractivity contribution in [2.75, 3.05) is 26.7 Å². The highest BCUT2D eigenvalue weighted by molar-refractivity contribution is 4.80. The van der Waals surface area contributed by atoms with Crippen LogP contribution in [0.4, 0.5) is 0 Å². The Hall–Kier alpha value is -0.120. The van der Waals surface area contributed by atoms with Gasteiger partial charge in [-0.25, -0.2) is 0 Å². The van der Waals surface area contributed by atoms with Crippen molar-refractivity contribution in [3.8, 4) is 0 Å². The summed E-state index contributed by atoms with van der Waals surface area (Å²) in [4.78, 5) is 0. The zero-order chi connectivity index (χ0) is 7.40. The summed E-state index contributed by atoms with van der Waals surface area (Å²) in [6.45, 7) is 2.75. The zero-order valence-electron chi connectivity index (χ0n) is 6.43. The van der Waals surface area contributed by atoms with Crippen molar-refractivity contribution in [1.29, 1.82) is 0 Å². The molecule has 3 heteroatoms. The first-order chi connectivity index (χ1) is 4.84. The van der Waals surface area contributed by atoms with E-state index < -0.39 is 0 Å². The summed E-state index contributed by atoms with van der Waals surface area (Å²) in [6, 6.07) is 0. The molecule has 0 aromatic carbocycles. The molecule has 0 bridgehead atoms. The Morgan fingerprint density at radius 2 is 2.40 bits per heavy atom. The second-order valence-electron chi connectivity index (χ2n) is 2.88. The molecule has 3 nitrogen and oxygen atoms in total. The number of aliphatic hydroxyl groups is 1. The van der Waals surface area contributed by atoms with E-state index in [4.69, 9.17) is 0 Å². The maximum absolute atomic E-state index is 9.33. The quantitative estimate of drug-likeness (QED) is 0.485. The van der Waals surface area contributed by atoms with E-state index in [-0.39, 0.29) is 6.10 Å². The summed E-state index contributed by atoms with van der Waals surface area (Å²) in [5.41, 5.74) is 0. The van der Waals surface area contributed by atoms with Gasteiger partial charge in [-0.2, -0.15) is 0 Å². The van der Waals surface area contributed by atoms with Gasteiger partial charge in [0, 0.05) is 13.1 Å². The second-order valence-corrected chi connectivity index (χ2v) is 2.88. The average molecular weight is 144 g/mol. The number of nitrogens with one attached hydrogen (secondary N) is 2. The van der Waals surface area contributed by atoms with Gasteiger partial charge in [0.1, 0.15) is 0 Å². The summed E-state index contributed by atoms with van der Waals surface area (Å²) in [6.07, 6.45) is 0.957. The van der Waals surface area contributed by atoms with Crippen LogP contribution in [-0.4, -0.2) is 37.9 Å². The van der Waals surface area contributed by atoms with Crippen molar-refractivity contribution in [3.05, 3.63) is 0 Å². The summed E-state index contributed by atoms with van der Waals surface area (Å²) in [7, 11) is 1.94. The van der Waals surface area contributed by atoms with Crippen molar-refractivity contribution in [1.82, 2.24) is 10.6 Å². The van der Waals surface area contributed by atoms with E-state index >= 15 is 0 Å². The molecule has 0 amide bonds. The Balaban J connectivity index is 2.14. The molecule has 0 aromatic heterocycles. The Bertz CT molecular complexity index is 97.6. The summed E-state index contributed by atoms with van der Waals surface area (Å²) >= 11 is 0. The van der Waals surface area contributed by atoms with Gasteiger partial charge in [0.25, 0.3) is 0 Å². The highest BCUT2D eigenvalue weighted by Gasteiger charge is 2.23. The van der Waals surface area contributed by atoms with Crippen LogP contribution >= 0.6 is 0 Å². The van der Waals surface area contributed by atoms with Crippen LogP contribution in [0.15, 0.2) is 0 Å². The van der Waals surface area contributed by atoms with Crippen LogP contribution in [0.5, 0.6) is 0 Å². The second kappa shape index (κ2) is 3.91. The molecule has 1 saturated heterocycles. The van der Waals surface area contributed by atoms with Gasteiger partial charge in [-0.1, -0.05) is 0 Å². The number of hydrogen-bond donors (Lipinski definition) is 3. The van der Waals surface area contributed by atoms with Crippen molar-refractivity contribution in [3.63, 3.8) is 0 Å². The molecular weight excluding hydrogens is 128 g/mol. The largest absolute Gasteiger partial charge is 0.391 e. The Morgan fingerprint density at radius 1 is 1.60 bits per heavy atom. The van der Waals surface area contributed by atoms with Gasteiger partial charge in [-0.3, -0.25) is 0 Å². The first-order valence-electron chi connectivity index (χ1n) is 3.88. The normalized spacial score (nSPS) is 33.0. The van der Waals surface area contributed by atoms with E-state index in [1.54, 1.807) is 0 Å². The molecule has 1 heterocycles. The minimum absolute atomic E-state index is 0.117. The third kappa shape index (κ3) is 1.94. The van der Waals surface area contributed by atoms with E-state index in [0.717, 1.165) is 26.1 Å². The lowest BCUT2D eigenvalue weighted by atomic mass is 10.0. The average Bonchev–Trinajstić information content (AvgIpc) is 2.31. The molecule has 10 heavy (non-hydrogen) atoms. The topological polar surface area (TPSA) is 44.3 Å². The molecule has 0 radical (unpaired) electrons. The molecule has 0 spiro atoms. The maximum Gasteiger partial charge on any atom is 0.0705 e. The van der Waals surface area contributed by atoms with E-state index in [1.807, 2.05) is 7.05 Å². The van der Waals surface area contributed by atoms with Gasteiger partial charge in [-0.15, -0.1) is 0 Å². The lowest BCUT2D eigenvalue weighted by Crippen LogP contribution is -2.22. The minimum Gasteiger partial charge on any atom is -0.391 e. The third-order valence-corrected chi connectivity index (χ3v) is 2.07. The molecule has 60 valence electrons. The molecule has 0 aromatic rings. The highest BCUT2D eigenvalue weighted by atomic mass is 16.3. The summed E-state index contributed by atoms with van der Waals surface area (Å²) in [5, 5.41) is 15.6. The van der Waals surface area contributed by atoms with Crippen molar-refractivity contribution in [2.24, 2.45) is 5.92 Å². The van der Waals surface area contributed by atoms with Crippen molar-refractivity contribution in [2.45, 2.75) is 12.5 Å². The predicted molar refractivity (Wildman–Crippen MR) is 40.9 cm³/mol. The van der Waals surface area contributed by atoms with Gasteiger partial charge < -0.3 is 15.7 Å². The first kappa shape index (κ1) is 7.98. The SMILES string of the molecule is CNCC[C@H]1CNC[C@@H]1O. The fourth-order valence-corrected chi connectivity index (χ4v) is 1.34. The minimum atomic E-state index is -0.117. The number of aliphatic hydroxyl groups excluding tert-OH is 1. The molecule has 3 N–H and O–H groups in total. The Kier molecular flexibility index (Phi) is 3.12. The third-order valence-electron chi connectivity index (χ3n) is 2.07. The summed E-state index contributed by atoms with van der Waals surface area (Å²) < 4.78 is 0. The number of rotatable bonds is 3. The summed E-state index contributed by atoms with van der Waals surface area (Å²) in [5.74, 6) is 0.465. The van der Waals surface area contributed by atoms with Crippen LogP contribution in [-0.2, 0) is 0 Å². The fourth-order valence-electron chi connectivity index (χ4n) is 1.34. The molecule has 1 fully saturated rings. The Labute approximate surface area is 61.8 Å². The lowest BCUT2D eigenvalue weighted by Gasteiger charge is -2.11. The zero-order valence-corrected chi connectivity index (χ0v) is 6.43. The van der Waals surface area contributed by atoms with Crippen LogP contribution in [0, 0.1) is 5.92 Å². The standard InChI is InChI=1S/C7H16N2O/c1-8-3-2-6-4-9-5-7(6)10/h6-10H,2-5H2,1H3/t6-,7-/m0/s1. The molecule has 1 aliphatic heterocycles. The molecule has 1 aliphatic rings. The van der Waals surface area contributed by atoms with E-state index in [2.05, 4.69) is 10.6 Å². The molecule has 1 rings (SSSR count). The maximum atomic E-state index is 9.33. The van der Waals surface area contributed by atoms with Crippen molar-refractivity contribution >= 4 is 0 Å². The Morgan fingerprint density at radius 3 is 2.90 bits per heavy atom. The van der Waals surface area contributed by atoms with Crippen molar-refractivity contribution < 1.29 is 5.11 Å². The van der Waals surface area contributed by atoms with Gasteiger partial charge in [0.15, 0.2) is 0 Å². The smallest absolute Gasteiger partial charge is 0.0705 e.